The molecule has 0 aliphatic carbocycles. The Labute approximate surface area is 231 Å². The van der Waals surface area contributed by atoms with E-state index in [1.165, 1.54) is 4.88 Å². The summed E-state index contributed by atoms with van der Waals surface area (Å²) in [6.45, 7) is 10.0. The highest BCUT2D eigenvalue weighted by atomic mass is 32.1. The summed E-state index contributed by atoms with van der Waals surface area (Å²) in [5.41, 5.74) is 2.43. The largest absolute Gasteiger partial charge is 0.340 e. The molecule has 2 atom stereocenters. The summed E-state index contributed by atoms with van der Waals surface area (Å²) in [6, 6.07) is 10.2. The van der Waals surface area contributed by atoms with Crippen molar-refractivity contribution in [3.63, 3.8) is 0 Å². The molecule has 38 heavy (non-hydrogen) atoms. The number of nitrogens with one attached hydrogen (secondary N) is 1. The molecule has 4 rings (SSSR count). The molecule has 2 aromatic heterocycles. The average Bonchev–Trinajstić information content (AvgIpc) is 3.64. The Morgan fingerprint density at radius 1 is 1.18 bits per heavy atom. The Morgan fingerprint density at radius 3 is 2.55 bits per heavy atom. The molecule has 3 heterocycles. The molecule has 206 valence electrons. The van der Waals surface area contributed by atoms with Crippen LogP contribution >= 0.6 is 11.3 Å². The minimum Gasteiger partial charge on any atom is -0.340 e. The van der Waals surface area contributed by atoms with Gasteiger partial charge in [-0.25, -0.2) is 4.98 Å². The highest BCUT2D eigenvalue weighted by Crippen LogP contribution is 2.28. The lowest BCUT2D eigenvalue weighted by atomic mass is 10.0. The number of amides is 2. The summed E-state index contributed by atoms with van der Waals surface area (Å²) >= 11 is 1.74. The summed E-state index contributed by atoms with van der Waals surface area (Å²) < 4.78 is 2.36. The molecule has 2 amide bonds. The van der Waals surface area contributed by atoms with Crippen molar-refractivity contribution in [2.24, 2.45) is 5.92 Å². The lowest BCUT2D eigenvalue weighted by Gasteiger charge is -2.26. The van der Waals surface area contributed by atoms with Crippen LogP contribution in [0, 0.1) is 5.92 Å². The zero-order valence-electron chi connectivity index (χ0n) is 23.7. The maximum Gasteiger partial charge on any atom is 0.252 e. The number of fused-ring (bicyclic) bond motifs is 1. The van der Waals surface area contributed by atoms with Gasteiger partial charge in [0.15, 0.2) is 0 Å². The number of nitrogens with zero attached hydrogens (tertiary/aromatic N) is 4. The quantitative estimate of drug-likeness (QED) is 0.358. The molecule has 8 heteroatoms. The van der Waals surface area contributed by atoms with E-state index in [2.05, 4.69) is 74.1 Å². The van der Waals surface area contributed by atoms with Gasteiger partial charge in [0.2, 0.25) is 5.91 Å². The van der Waals surface area contributed by atoms with E-state index in [4.69, 9.17) is 4.98 Å². The molecule has 1 fully saturated rings. The molecule has 0 bridgehead atoms. The van der Waals surface area contributed by atoms with Gasteiger partial charge in [-0.15, -0.1) is 11.3 Å². The minimum atomic E-state index is -0.532. The number of hydrogen-bond donors (Lipinski definition) is 1. The summed E-state index contributed by atoms with van der Waals surface area (Å²) in [4.78, 5) is 37.3. The van der Waals surface area contributed by atoms with Crippen molar-refractivity contribution in [3.8, 4) is 0 Å². The van der Waals surface area contributed by atoms with Crippen LogP contribution in [0.25, 0.3) is 11.0 Å². The molecule has 1 saturated heterocycles. The van der Waals surface area contributed by atoms with E-state index < -0.39 is 6.04 Å². The predicted octanol–water partition coefficient (Wildman–Crippen LogP) is 5.36. The lowest BCUT2D eigenvalue weighted by Crippen LogP contribution is -2.49. The number of rotatable bonds is 11. The van der Waals surface area contributed by atoms with Crippen LogP contribution in [-0.2, 0) is 11.2 Å². The zero-order chi connectivity index (χ0) is 27.4. The van der Waals surface area contributed by atoms with Crippen molar-refractivity contribution in [2.45, 2.75) is 77.9 Å². The highest BCUT2D eigenvalue weighted by Gasteiger charge is 2.33. The van der Waals surface area contributed by atoms with Crippen LogP contribution in [0.2, 0.25) is 0 Å². The van der Waals surface area contributed by atoms with E-state index in [1.807, 2.05) is 23.1 Å². The number of imidazole rings is 1. The third-order valence-electron chi connectivity index (χ3n) is 7.76. The lowest BCUT2D eigenvalue weighted by molar-refractivity contribution is -0.132. The predicted molar refractivity (Wildman–Crippen MR) is 156 cm³/mol. The van der Waals surface area contributed by atoms with Gasteiger partial charge in [0, 0.05) is 42.0 Å². The molecule has 7 nitrogen and oxygen atoms in total. The van der Waals surface area contributed by atoms with Gasteiger partial charge < -0.3 is 19.7 Å². The number of likely N-dealkylation sites (tertiary alicyclic amines) is 1. The number of thiophene rings is 1. The van der Waals surface area contributed by atoms with Crippen molar-refractivity contribution in [3.05, 3.63) is 52.0 Å². The summed E-state index contributed by atoms with van der Waals surface area (Å²) in [5, 5.41) is 5.17. The molecule has 0 unspecified atom stereocenters. The molecule has 1 aromatic carbocycles. The van der Waals surface area contributed by atoms with Gasteiger partial charge in [-0.3, -0.25) is 9.59 Å². The number of carbonyl (C=O) groups is 2. The van der Waals surface area contributed by atoms with E-state index in [1.54, 1.807) is 11.3 Å². The van der Waals surface area contributed by atoms with E-state index in [9.17, 15) is 9.59 Å². The summed E-state index contributed by atoms with van der Waals surface area (Å²) in [7, 11) is 4.11. The average molecular weight is 538 g/mol. The molecule has 0 radical (unpaired) electrons. The van der Waals surface area contributed by atoms with Crippen LogP contribution in [0.15, 0.2) is 35.7 Å². The second-order valence-corrected chi connectivity index (χ2v) is 12.2. The van der Waals surface area contributed by atoms with Gasteiger partial charge in [0.05, 0.1) is 11.0 Å². The van der Waals surface area contributed by atoms with Crippen LogP contribution in [-0.4, -0.2) is 70.4 Å². The number of carbonyl (C=O) groups excluding carboxylic acids is 2. The minimum absolute atomic E-state index is 0.0220. The molecular weight excluding hydrogens is 494 g/mol. The first-order chi connectivity index (χ1) is 18.2. The fourth-order valence-electron chi connectivity index (χ4n) is 5.56. The number of likely N-dealkylation sites (N-methyl/N-ethyl adjacent to an activating group) is 1. The Morgan fingerprint density at radius 2 is 1.95 bits per heavy atom. The first kappa shape index (κ1) is 28.3. The van der Waals surface area contributed by atoms with Gasteiger partial charge in [-0.05, 0) is 75.3 Å². The maximum absolute atomic E-state index is 13.4. The summed E-state index contributed by atoms with van der Waals surface area (Å²) in [6.07, 6.45) is 4.39. The molecule has 1 N–H and O–H groups in total. The third kappa shape index (κ3) is 6.29. The maximum atomic E-state index is 13.4. The topological polar surface area (TPSA) is 70.5 Å². The number of hydrogen-bond acceptors (Lipinski definition) is 5. The standard InChI is InChI=1S/C30H43N5O2S/c1-7-22(8-2)35-27-12-11-21(17-25(27)31-28(35)18-24-10-9-15-38-24)29(36)32-26(16-20(3)4)30(37)34-14-13-23(19-34)33(5)6/h9-12,15,17,20,22-23,26H,7-8,13-14,16,18-19H2,1-6H3,(H,32,36)/t23-,26+/m1/s1. The van der Waals surface area contributed by atoms with E-state index in [-0.39, 0.29) is 17.7 Å². The summed E-state index contributed by atoms with van der Waals surface area (Å²) in [5.74, 6) is 1.13. The first-order valence-corrected chi connectivity index (χ1v) is 14.9. The molecule has 3 aromatic rings. The van der Waals surface area contributed by atoms with Gasteiger partial charge in [-0.1, -0.05) is 33.8 Å². The van der Waals surface area contributed by atoms with E-state index in [0.29, 0.717) is 30.6 Å². The Kier molecular flexibility index (Phi) is 9.26. The number of aromatic nitrogens is 2. The molecular formula is C30H43N5O2S. The molecule has 1 aliphatic heterocycles. The molecule has 0 saturated carbocycles. The van der Waals surface area contributed by atoms with Crippen molar-refractivity contribution in [1.29, 1.82) is 0 Å². The van der Waals surface area contributed by atoms with Crippen LogP contribution in [0.5, 0.6) is 0 Å². The smallest absolute Gasteiger partial charge is 0.252 e. The second kappa shape index (κ2) is 12.4. The van der Waals surface area contributed by atoms with Crippen molar-refractivity contribution in [2.75, 3.05) is 27.2 Å². The van der Waals surface area contributed by atoms with E-state index >= 15 is 0 Å². The van der Waals surface area contributed by atoms with Crippen LogP contribution in [0.3, 0.4) is 0 Å². The van der Waals surface area contributed by atoms with E-state index in [0.717, 1.165) is 49.1 Å². The monoisotopic (exact) mass is 537 g/mol. The zero-order valence-corrected chi connectivity index (χ0v) is 24.6. The Balaban J connectivity index is 1.58. The van der Waals surface area contributed by atoms with Crippen LogP contribution < -0.4 is 5.32 Å². The first-order valence-electron chi connectivity index (χ1n) is 14.0. The van der Waals surface area contributed by atoms with Gasteiger partial charge >= 0.3 is 0 Å². The highest BCUT2D eigenvalue weighted by molar-refractivity contribution is 7.09. The van der Waals surface area contributed by atoms with Gasteiger partial charge in [0.1, 0.15) is 11.9 Å². The van der Waals surface area contributed by atoms with Crippen LogP contribution in [0.1, 0.15) is 80.5 Å². The third-order valence-corrected chi connectivity index (χ3v) is 8.64. The van der Waals surface area contributed by atoms with Crippen molar-refractivity contribution in [1.82, 2.24) is 24.7 Å². The SMILES string of the molecule is CCC(CC)n1c(Cc2cccs2)nc2cc(C(=O)N[C@@H](CC(C)C)C(=O)N3CC[C@@H](N(C)C)C3)ccc21. The molecule has 0 spiro atoms. The fraction of sp³-hybridized carbons (Fsp3) is 0.567. The number of benzene rings is 1. The Bertz CT molecular complexity index is 1230. The van der Waals surface area contributed by atoms with Gasteiger partial charge in [0.25, 0.3) is 5.91 Å². The van der Waals surface area contributed by atoms with Crippen molar-refractivity contribution >= 4 is 34.2 Å². The normalized spacial score (nSPS) is 16.8. The van der Waals surface area contributed by atoms with Crippen molar-refractivity contribution < 1.29 is 9.59 Å². The van der Waals surface area contributed by atoms with Crippen LogP contribution in [0.4, 0.5) is 0 Å². The van der Waals surface area contributed by atoms with Gasteiger partial charge in [-0.2, -0.15) is 0 Å². The Hall–Kier alpha value is -2.71. The molecule has 1 aliphatic rings. The second-order valence-electron chi connectivity index (χ2n) is 11.2. The fourth-order valence-corrected chi connectivity index (χ4v) is 6.26.